The van der Waals surface area contributed by atoms with Crippen LogP contribution in [0.5, 0.6) is 0 Å². The molecule has 3 aromatic heterocycles. The number of aryl methyl sites for hydroxylation is 2. The van der Waals surface area contributed by atoms with Crippen molar-refractivity contribution in [2.24, 2.45) is 5.41 Å². The van der Waals surface area contributed by atoms with E-state index in [9.17, 15) is 32.3 Å². The number of carbonyl (C=O) groups excluding carboxylic acids is 4. The molecule has 6 rings (SSSR count). The zero-order valence-electron chi connectivity index (χ0n) is 30.0. The van der Waals surface area contributed by atoms with Gasteiger partial charge in [-0.2, -0.15) is 18.3 Å². The first-order chi connectivity index (χ1) is 25.7. The van der Waals surface area contributed by atoms with Crippen LogP contribution in [-0.2, 0) is 38.4 Å². The Labute approximate surface area is 308 Å². The van der Waals surface area contributed by atoms with Crippen LogP contribution in [0.15, 0.2) is 62.0 Å². The molecule has 3 amide bonds. The Morgan fingerprint density at radius 3 is 2.46 bits per heavy atom. The Kier molecular flexibility index (Phi) is 10.5. The maximum absolute atomic E-state index is 14.4. The van der Waals surface area contributed by atoms with Crippen LogP contribution in [0.4, 0.5) is 19.0 Å². The molecule has 4 heterocycles. The largest absolute Gasteiger partial charge is 0.433 e. The summed E-state index contributed by atoms with van der Waals surface area (Å²) in [6.45, 7) is 12.0. The van der Waals surface area contributed by atoms with Gasteiger partial charge in [0.25, 0.3) is 0 Å². The molecule has 1 saturated heterocycles. The fourth-order valence-corrected chi connectivity index (χ4v) is 7.01. The highest BCUT2D eigenvalue weighted by molar-refractivity contribution is 6.07. The maximum Gasteiger partial charge on any atom is 0.433 e. The molecule has 16 heteroatoms. The van der Waals surface area contributed by atoms with Crippen LogP contribution in [0.25, 0.3) is 22.0 Å². The van der Waals surface area contributed by atoms with Gasteiger partial charge in [0.05, 0.1) is 18.7 Å². The third-order valence-corrected chi connectivity index (χ3v) is 9.72. The average Bonchev–Trinajstić information content (AvgIpc) is 3.52. The van der Waals surface area contributed by atoms with Gasteiger partial charge in [-0.25, -0.2) is 15.0 Å². The third kappa shape index (κ3) is 7.64. The molecule has 54 heavy (non-hydrogen) atoms. The molecule has 0 bridgehead atoms. The van der Waals surface area contributed by atoms with Crippen LogP contribution >= 0.6 is 0 Å². The summed E-state index contributed by atoms with van der Waals surface area (Å²) < 4.78 is 47.6. The van der Waals surface area contributed by atoms with E-state index < -0.39 is 47.7 Å². The van der Waals surface area contributed by atoms with Crippen molar-refractivity contribution in [2.75, 3.05) is 18.5 Å². The molecule has 13 nitrogen and oxygen atoms in total. The number of ketones is 1. The monoisotopic (exact) mass is 744 g/mol. The number of fused-ring (bicyclic) bond motifs is 2. The molecular weight excluding hydrogens is 705 g/mol. The highest BCUT2D eigenvalue weighted by atomic mass is 19.4. The van der Waals surface area contributed by atoms with Crippen molar-refractivity contribution >= 4 is 40.2 Å². The molecule has 0 spiro atoms. The number of amides is 3. The number of carbonyl (C=O) groups is 4. The quantitative estimate of drug-likeness (QED) is 0.101. The summed E-state index contributed by atoms with van der Waals surface area (Å²) in [5, 5.41) is 10.4. The predicted octanol–water partition coefficient (Wildman–Crippen LogP) is 5.12. The summed E-state index contributed by atoms with van der Waals surface area (Å²) >= 11 is 0. The fraction of sp³-hybridized carbons (Fsp3) is 0.368. The number of benzene rings is 1. The van der Waals surface area contributed by atoms with E-state index in [2.05, 4.69) is 43.8 Å². The minimum atomic E-state index is -4.73. The Balaban J connectivity index is 1.38. The highest BCUT2D eigenvalue weighted by Gasteiger charge is 2.67. The first-order valence-corrected chi connectivity index (χ1v) is 17.2. The third-order valence-electron chi connectivity index (χ3n) is 9.72. The van der Waals surface area contributed by atoms with Crippen LogP contribution in [0.2, 0.25) is 0 Å². The Bertz CT molecular complexity index is 2170. The molecule has 4 aromatic rings. The molecule has 2 N–H and O–H groups in total. The average molecular weight is 745 g/mol. The van der Waals surface area contributed by atoms with Crippen LogP contribution < -0.4 is 10.6 Å². The summed E-state index contributed by atoms with van der Waals surface area (Å²) in [7, 11) is 0. The molecule has 1 aromatic carbocycles. The van der Waals surface area contributed by atoms with Crippen molar-refractivity contribution in [3.8, 4) is 11.1 Å². The van der Waals surface area contributed by atoms with Crippen LogP contribution in [-0.4, -0.2) is 78.4 Å². The molecule has 282 valence electrons. The summed E-state index contributed by atoms with van der Waals surface area (Å²) in [6, 6.07) is 4.13. The molecule has 1 aliphatic carbocycles. The van der Waals surface area contributed by atoms with Crippen LogP contribution in [0.1, 0.15) is 59.3 Å². The van der Waals surface area contributed by atoms with E-state index in [-0.39, 0.29) is 55.8 Å². The maximum atomic E-state index is 14.4. The second-order valence-corrected chi connectivity index (χ2v) is 13.6. The molecule has 1 aliphatic heterocycles. The zero-order chi connectivity index (χ0) is 38.9. The number of pyridine rings is 1. The lowest BCUT2D eigenvalue weighted by molar-refractivity contribution is -0.141. The standard InChI is InChI=1S/C38H39F3N8O5/c1-6-8-31(51)44-16-25-12-24(26-17-42-23(5)43-18-26)13-27-33(22(4)50)47-48(34(25)27)19-32(52)49-28(14-37(15-30(37)49)20-54-11-7-2)36(53)46-35-21(3)9-10-29(45-35)38(39,40)41/h6-7,9-10,12-13,17-18,28,30H,1-2,8,11,14-16,19-20H2,3-5H3,(H,44,51)(H,45,46,53)/t28-,30+,37-/m0/s1. The molecular formula is C38H39F3N8O5. The smallest absolute Gasteiger partial charge is 0.377 e. The zero-order valence-corrected chi connectivity index (χ0v) is 30.0. The van der Waals surface area contributed by atoms with E-state index in [0.29, 0.717) is 45.4 Å². The second-order valence-electron chi connectivity index (χ2n) is 13.6. The number of Topliss-reactive ketones (excluding diaryl/α,β-unsaturated/α-hetero) is 1. The number of anilines is 1. The van der Waals surface area contributed by atoms with Crippen LogP contribution in [0.3, 0.4) is 0 Å². The molecule has 1 saturated carbocycles. The second kappa shape index (κ2) is 14.9. The number of hydrogen-bond acceptors (Lipinski definition) is 9. The lowest BCUT2D eigenvalue weighted by atomic mass is 10.00. The SMILES string of the molecule is C=CCOC[C@@]12C[C@@H](C(=O)Nc3nc(C(F)(F)F)ccc3C)N(C(=O)Cn3nc(C(C)=O)c4cc(-c5cnc(C)nc5)cc(CNC(=O)CC=C)c43)[C@@H]1C2. The minimum Gasteiger partial charge on any atom is -0.377 e. The van der Waals surface area contributed by atoms with Crippen molar-refractivity contribution in [3.63, 3.8) is 0 Å². The summed E-state index contributed by atoms with van der Waals surface area (Å²) in [6.07, 6.45) is 2.41. The molecule has 3 atom stereocenters. The van der Waals surface area contributed by atoms with Gasteiger partial charge in [0, 0.05) is 54.7 Å². The number of ether oxygens (including phenoxy) is 1. The van der Waals surface area contributed by atoms with E-state index in [1.54, 1.807) is 37.5 Å². The van der Waals surface area contributed by atoms with Crippen molar-refractivity contribution in [2.45, 2.75) is 71.4 Å². The lowest BCUT2D eigenvalue weighted by Crippen LogP contribution is -2.47. The number of likely N-dealkylation sites (tertiary alicyclic amines) is 1. The van der Waals surface area contributed by atoms with Crippen molar-refractivity contribution in [3.05, 3.63) is 90.3 Å². The molecule has 0 unspecified atom stereocenters. The first-order valence-electron chi connectivity index (χ1n) is 17.2. The van der Waals surface area contributed by atoms with Crippen LogP contribution in [0, 0.1) is 19.3 Å². The predicted molar refractivity (Wildman–Crippen MR) is 192 cm³/mol. The summed E-state index contributed by atoms with van der Waals surface area (Å²) in [5.74, 6) is -1.56. The van der Waals surface area contributed by atoms with E-state index in [4.69, 9.17) is 4.74 Å². The van der Waals surface area contributed by atoms with Gasteiger partial charge in [-0.15, -0.1) is 13.2 Å². The van der Waals surface area contributed by atoms with Crippen molar-refractivity contribution < 1.29 is 37.1 Å². The van der Waals surface area contributed by atoms with Gasteiger partial charge < -0.3 is 20.3 Å². The Morgan fingerprint density at radius 1 is 1.06 bits per heavy atom. The van der Waals surface area contributed by atoms with Crippen molar-refractivity contribution in [1.82, 2.24) is 34.9 Å². The lowest BCUT2D eigenvalue weighted by Gasteiger charge is -2.27. The van der Waals surface area contributed by atoms with E-state index in [1.165, 1.54) is 35.6 Å². The summed E-state index contributed by atoms with van der Waals surface area (Å²) in [5.41, 5.74) is 0.955. The summed E-state index contributed by atoms with van der Waals surface area (Å²) in [4.78, 5) is 67.5. The normalized spacial score (nSPS) is 19.0. The molecule has 0 radical (unpaired) electrons. The number of aromatic nitrogens is 5. The number of nitrogens with one attached hydrogen (secondary N) is 2. The number of alkyl halides is 3. The van der Waals surface area contributed by atoms with Gasteiger partial charge in [-0.1, -0.05) is 18.2 Å². The van der Waals surface area contributed by atoms with Gasteiger partial charge >= 0.3 is 6.18 Å². The topological polar surface area (TPSA) is 161 Å². The Hall–Kier alpha value is -5.77. The van der Waals surface area contributed by atoms with E-state index >= 15 is 0 Å². The van der Waals surface area contributed by atoms with Gasteiger partial charge in [-0.05, 0) is 61.6 Å². The molecule has 2 aliphatic rings. The number of rotatable bonds is 14. The number of hydrogen-bond donors (Lipinski definition) is 2. The van der Waals surface area contributed by atoms with Crippen molar-refractivity contribution in [1.29, 1.82) is 0 Å². The van der Waals surface area contributed by atoms with E-state index in [1.807, 2.05) is 0 Å². The highest BCUT2D eigenvalue weighted by Crippen LogP contribution is 2.60. The Morgan fingerprint density at radius 2 is 1.80 bits per heavy atom. The van der Waals surface area contributed by atoms with Gasteiger partial charge in [-0.3, -0.25) is 23.9 Å². The number of nitrogens with zero attached hydrogens (tertiary/aromatic N) is 6. The number of piperidine rings is 1. The fourth-order valence-electron chi connectivity index (χ4n) is 7.01. The number of halogens is 3. The van der Waals surface area contributed by atoms with Gasteiger partial charge in [0.2, 0.25) is 17.7 Å². The van der Waals surface area contributed by atoms with Gasteiger partial charge in [0.1, 0.15) is 35.6 Å². The van der Waals surface area contributed by atoms with E-state index in [0.717, 1.165) is 6.07 Å². The minimum absolute atomic E-state index is 0.0193. The first kappa shape index (κ1) is 38.0. The molecule has 2 fully saturated rings. The van der Waals surface area contributed by atoms with Gasteiger partial charge in [0.15, 0.2) is 5.78 Å².